The van der Waals surface area contributed by atoms with E-state index in [1.165, 1.54) is 0 Å². The van der Waals surface area contributed by atoms with Gasteiger partial charge in [0.05, 0.1) is 37.5 Å². The summed E-state index contributed by atoms with van der Waals surface area (Å²) in [5.74, 6) is 1.56. The first-order valence-corrected chi connectivity index (χ1v) is 17.2. The number of methoxy groups -OCH3 is 3. The Morgan fingerprint density at radius 1 is 0.875 bits per heavy atom. The van der Waals surface area contributed by atoms with E-state index >= 15 is 0 Å². The molecule has 0 saturated carbocycles. The van der Waals surface area contributed by atoms with Gasteiger partial charge in [-0.2, -0.15) is 0 Å². The molecule has 0 unspecified atom stereocenters. The second-order valence-electron chi connectivity index (χ2n) is 11.5. The lowest BCUT2D eigenvalue weighted by Gasteiger charge is -2.39. The molecule has 4 nitrogen and oxygen atoms in total. The SMILES string of the molecule is COc1cc([C@H](O)C(=C=C=C[Si](C)(C)C(C)(C)C)[Si](C)(C)C(C)(C)C)cc(OC)c1OC. The normalized spacial score (nSPS) is 13.6. The van der Waals surface area contributed by atoms with Crippen molar-refractivity contribution in [3.8, 4) is 17.2 Å². The van der Waals surface area contributed by atoms with Crippen molar-refractivity contribution in [2.45, 2.75) is 83.9 Å². The predicted octanol–water partition coefficient (Wildman–Crippen LogP) is 7.08. The maximum absolute atomic E-state index is 11.6. The molecule has 0 aliphatic rings. The zero-order valence-electron chi connectivity index (χ0n) is 22.5. The number of rotatable bonds is 7. The van der Waals surface area contributed by atoms with Gasteiger partial charge in [-0.3, -0.25) is 0 Å². The van der Waals surface area contributed by atoms with Crippen molar-refractivity contribution < 1.29 is 19.3 Å². The average molecular weight is 477 g/mol. The summed E-state index contributed by atoms with van der Waals surface area (Å²) >= 11 is 0. The van der Waals surface area contributed by atoms with Crippen LogP contribution in [0.4, 0.5) is 0 Å². The molecule has 6 heteroatoms. The molecule has 0 radical (unpaired) electrons. The molecule has 1 aromatic rings. The molecule has 1 rings (SSSR count). The van der Waals surface area contributed by atoms with Gasteiger partial charge in [0.2, 0.25) is 5.75 Å². The van der Waals surface area contributed by atoms with E-state index in [4.69, 9.17) is 14.2 Å². The van der Waals surface area contributed by atoms with Crippen LogP contribution in [-0.2, 0) is 0 Å². The fraction of sp³-hybridized carbons (Fsp3) is 0.615. The Morgan fingerprint density at radius 3 is 1.69 bits per heavy atom. The zero-order chi connectivity index (χ0) is 25.1. The van der Waals surface area contributed by atoms with Gasteiger partial charge in [-0.15, -0.1) is 0 Å². The standard InChI is InChI=1S/C26H44O4Si2/c1-25(2,3)31(10,11)16-14-15-22(32(12,13)26(4,5)6)23(27)19-17-20(28-7)24(30-9)21(18-19)29-8/h16-18,23,27H,1-13H3/t23-/m0/s1. The first-order valence-electron chi connectivity index (χ1n) is 11.2. The van der Waals surface area contributed by atoms with Crippen LogP contribution in [0.1, 0.15) is 53.2 Å². The van der Waals surface area contributed by atoms with Gasteiger partial charge in [0.15, 0.2) is 11.5 Å². The number of aliphatic hydroxyl groups excluding tert-OH is 1. The second-order valence-corrected chi connectivity index (χ2v) is 22.1. The number of aliphatic hydroxyl groups is 1. The molecular weight excluding hydrogens is 432 g/mol. The van der Waals surface area contributed by atoms with Crippen LogP contribution in [0.3, 0.4) is 0 Å². The van der Waals surface area contributed by atoms with Crippen LogP contribution in [0.15, 0.2) is 34.5 Å². The lowest BCUT2D eigenvalue weighted by Crippen LogP contribution is -2.41. The minimum absolute atomic E-state index is 0.0234. The summed E-state index contributed by atoms with van der Waals surface area (Å²) in [6.07, 6.45) is -0.843. The smallest absolute Gasteiger partial charge is 0.203 e. The summed E-state index contributed by atoms with van der Waals surface area (Å²) in [6.45, 7) is 22.8. The first-order chi connectivity index (χ1) is 14.4. The Balaban J connectivity index is 3.84. The molecule has 0 amide bonds. The summed E-state index contributed by atoms with van der Waals surface area (Å²) in [4.78, 5) is 0. The molecule has 0 heterocycles. The highest BCUT2D eigenvalue weighted by atomic mass is 28.3. The Kier molecular flexibility index (Phi) is 8.92. The molecule has 32 heavy (non-hydrogen) atoms. The van der Waals surface area contributed by atoms with E-state index in [0.29, 0.717) is 22.8 Å². The van der Waals surface area contributed by atoms with Crippen LogP contribution >= 0.6 is 0 Å². The Morgan fingerprint density at radius 2 is 1.34 bits per heavy atom. The number of ether oxygens (including phenoxy) is 3. The van der Waals surface area contributed by atoms with Crippen molar-refractivity contribution in [2.75, 3.05) is 21.3 Å². The highest BCUT2D eigenvalue weighted by Crippen LogP contribution is 2.46. The fourth-order valence-corrected chi connectivity index (χ4v) is 5.82. The van der Waals surface area contributed by atoms with Crippen molar-refractivity contribution >= 4 is 16.1 Å². The van der Waals surface area contributed by atoms with Crippen molar-refractivity contribution in [3.63, 3.8) is 0 Å². The monoisotopic (exact) mass is 476 g/mol. The third-order valence-electron chi connectivity index (χ3n) is 7.40. The molecule has 1 N–H and O–H groups in total. The quantitative estimate of drug-likeness (QED) is 0.337. The van der Waals surface area contributed by atoms with E-state index in [2.05, 4.69) is 84.9 Å². The van der Waals surface area contributed by atoms with Crippen LogP contribution in [-0.4, -0.2) is 42.6 Å². The number of hydrogen-bond acceptors (Lipinski definition) is 4. The Labute approximate surface area is 198 Å². The second kappa shape index (κ2) is 10.1. The van der Waals surface area contributed by atoms with Crippen molar-refractivity contribution in [1.29, 1.82) is 0 Å². The lowest BCUT2D eigenvalue weighted by atomic mass is 10.1. The molecule has 0 bridgehead atoms. The van der Waals surface area contributed by atoms with Crippen molar-refractivity contribution in [1.82, 2.24) is 0 Å². The van der Waals surface area contributed by atoms with Crippen LogP contribution in [0.25, 0.3) is 0 Å². The van der Waals surface area contributed by atoms with Gasteiger partial charge >= 0.3 is 0 Å². The molecule has 180 valence electrons. The molecule has 1 atom stereocenters. The van der Waals surface area contributed by atoms with E-state index < -0.39 is 22.3 Å². The van der Waals surface area contributed by atoms with Crippen LogP contribution in [0.2, 0.25) is 36.3 Å². The van der Waals surface area contributed by atoms with E-state index in [9.17, 15) is 5.11 Å². The van der Waals surface area contributed by atoms with Crippen molar-refractivity contribution in [3.05, 3.63) is 40.1 Å². The third kappa shape index (κ3) is 6.00. The Hall–Kier alpha value is -1.69. The van der Waals surface area contributed by atoms with Crippen molar-refractivity contribution in [2.24, 2.45) is 0 Å². The van der Waals surface area contributed by atoms with E-state index in [1.807, 2.05) is 12.1 Å². The van der Waals surface area contributed by atoms with E-state index in [1.54, 1.807) is 21.3 Å². The molecule has 0 aliphatic carbocycles. The summed E-state index contributed by atoms with van der Waals surface area (Å²) in [6, 6.07) is 3.64. The number of benzene rings is 1. The van der Waals surface area contributed by atoms with Crippen LogP contribution in [0.5, 0.6) is 17.2 Å². The van der Waals surface area contributed by atoms with Gasteiger partial charge in [0.25, 0.3) is 0 Å². The summed E-state index contributed by atoms with van der Waals surface area (Å²) in [5.41, 5.74) is 9.73. The topological polar surface area (TPSA) is 47.9 Å². The van der Waals surface area contributed by atoms with Crippen LogP contribution < -0.4 is 14.2 Å². The minimum atomic E-state index is -2.12. The first kappa shape index (κ1) is 28.3. The van der Waals surface area contributed by atoms with Crippen LogP contribution in [0, 0.1) is 0 Å². The molecule has 0 aliphatic heterocycles. The average Bonchev–Trinajstić information content (AvgIpc) is 2.67. The molecule has 0 fully saturated rings. The highest BCUT2D eigenvalue weighted by molar-refractivity contribution is 6.87. The molecular formula is C26H44O4Si2. The maximum atomic E-state index is 11.6. The van der Waals surface area contributed by atoms with Gasteiger partial charge < -0.3 is 19.3 Å². The molecule has 0 aromatic heterocycles. The largest absolute Gasteiger partial charge is 0.493 e. The van der Waals surface area contributed by atoms with E-state index in [0.717, 1.165) is 5.20 Å². The summed E-state index contributed by atoms with van der Waals surface area (Å²) in [7, 11) is 0.950. The van der Waals surface area contributed by atoms with Gasteiger partial charge in [-0.25, -0.2) is 0 Å². The van der Waals surface area contributed by atoms with Gasteiger partial charge in [0, 0.05) is 0 Å². The lowest BCUT2D eigenvalue weighted by molar-refractivity contribution is 0.220. The Bertz CT molecular complexity index is 880. The predicted molar refractivity (Wildman–Crippen MR) is 141 cm³/mol. The molecule has 0 saturated heterocycles. The van der Waals surface area contributed by atoms with E-state index in [-0.39, 0.29) is 10.1 Å². The summed E-state index contributed by atoms with van der Waals surface area (Å²) in [5, 5.41) is 12.8. The fourth-order valence-electron chi connectivity index (χ4n) is 2.91. The molecule has 0 spiro atoms. The third-order valence-corrected chi connectivity index (χ3v) is 17.6. The maximum Gasteiger partial charge on any atom is 0.203 e. The number of hydrogen-bond donors (Lipinski definition) is 1. The highest BCUT2D eigenvalue weighted by Gasteiger charge is 2.42. The van der Waals surface area contributed by atoms with Gasteiger partial charge in [-0.05, 0) is 38.7 Å². The zero-order valence-corrected chi connectivity index (χ0v) is 24.5. The van der Waals surface area contributed by atoms with Gasteiger partial charge in [-0.1, -0.05) is 79.2 Å². The summed E-state index contributed by atoms with van der Waals surface area (Å²) < 4.78 is 16.5. The molecule has 1 aromatic carbocycles. The minimum Gasteiger partial charge on any atom is -0.493 e. The van der Waals surface area contributed by atoms with Gasteiger partial charge in [0.1, 0.15) is 6.10 Å².